The van der Waals surface area contributed by atoms with Crippen molar-refractivity contribution >= 4 is 57.3 Å². The zero-order valence-corrected chi connectivity index (χ0v) is 19.4. The summed E-state index contributed by atoms with van der Waals surface area (Å²) in [6.07, 6.45) is 0. The van der Waals surface area contributed by atoms with Gasteiger partial charge >= 0.3 is 0 Å². The molecule has 0 atom stereocenters. The second-order valence-corrected chi connectivity index (χ2v) is 9.16. The van der Waals surface area contributed by atoms with Gasteiger partial charge in [-0.25, -0.2) is 4.98 Å². The van der Waals surface area contributed by atoms with E-state index in [0.29, 0.717) is 45.7 Å². The number of thioether (sulfide) groups is 1. The summed E-state index contributed by atoms with van der Waals surface area (Å²) in [6.45, 7) is 4.74. The number of benzene rings is 1. The van der Waals surface area contributed by atoms with Gasteiger partial charge in [0, 0.05) is 11.4 Å². The number of nitrogens with one attached hydrogen (secondary N) is 1. The Labute approximate surface area is 192 Å². The van der Waals surface area contributed by atoms with Crippen molar-refractivity contribution in [2.24, 2.45) is 0 Å². The highest BCUT2D eigenvalue weighted by atomic mass is 35.5. The van der Waals surface area contributed by atoms with Gasteiger partial charge in [0.05, 0.1) is 28.7 Å². The molecule has 1 amide bonds. The van der Waals surface area contributed by atoms with Crippen molar-refractivity contribution in [3.05, 3.63) is 67.7 Å². The summed E-state index contributed by atoms with van der Waals surface area (Å²) in [5.41, 5.74) is 2.15. The smallest absolute Gasteiger partial charge is 0.280 e. The van der Waals surface area contributed by atoms with Crippen molar-refractivity contribution in [1.29, 1.82) is 0 Å². The maximum Gasteiger partial charge on any atom is 0.280 e. The molecule has 4 aromatic rings. The molecule has 0 saturated carbocycles. The summed E-state index contributed by atoms with van der Waals surface area (Å²) in [6, 6.07) is 11.0. The third-order valence-electron chi connectivity index (χ3n) is 4.66. The lowest BCUT2D eigenvalue weighted by Crippen LogP contribution is -2.26. The first-order chi connectivity index (χ1) is 15.0. The summed E-state index contributed by atoms with van der Waals surface area (Å²) in [5, 5.41) is 10.2. The number of carbonyl (C=O) groups is 1. The van der Waals surface area contributed by atoms with Gasteiger partial charge in [-0.05, 0) is 37.4 Å². The van der Waals surface area contributed by atoms with E-state index in [4.69, 9.17) is 16.6 Å². The van der Waals surface area contributed by atoms with E-state index in [2.05, 4.69) is 10.4 Å². The average Bonchev–Trinajstić information content (AvgIpc) is 3.38. The van der Waals surface area contributed by atoms with Crippen LogP contribution in [0.1, 0.15) is 17.5 Å². The molecule has 31 heavy (non-hydrogen) atoms. The molecule has 1 aromatic carbocycles. The molecule has 4 rings (SSSR count). The number of nitrogens with zero attached hydrogens (tertiary/aromatic N) is 4. The third-order valence-corrected chi connectivity index (χ3v) is 6.82. The Balaban J connectivity index is 1.67. The SMILES string of the molecule is CCn1nc(C)c2nc(SCC(=O)Nc3ccccc3Cl)n(Cc3cccs3)c(=O)c21. The molecule has 1 N–H and O–H groups in total. The van der Waals surface area contributed by atoms with Gasteiger partial charge in [-0.2, -0.15) is 5.10 Å². The summed E-state index contributed by atoms with van der Waals surface area (Å²) >= 11 is 8.91. The van der Waals surface area contributed by atoms with Crippen LogP contribution in [0.25, 0.3) is 11.0 Å². The van der Waals surface area contributed by atoms with Gasteiger partial charge in [0.2, 0.25) is 5.91 Å². The minimum Gasteiger partial charge on any atom is -0.324 e. The van der Waals surface area contributed by atoms with E-state index in [-0.39, 0.29) is 17.2 Å². The predicted molar refractivity (Wildman–Crippen MR) is 126 cm³/mol. The second kappa shape index (κ2) is 9.25. The van der Waals surface area contributed by atoms with Crippen molar-refractivity contribution < 1.29 is 4.79 Å². The highest BCUT2D eigenvalue weighted by Crippen LogP contribution is 2.24. The number of halogens is 1. The number of thiophene rings is 1. The number of rotatable bonds is 7. The second-order valence-electron chi connectivity index (χ2n) is 6.78. The van der Waals surface area contributed by atoms with Crippen LogP contribution < -0.4 is 10.9 Å². The van der Waals surface area contributed by atoms with Crippen LogP contribution in [0.4, 0.5) is 5.69 Å². The van der Waals surface area contributed by atoms with Gasteiger partial charge in [0.25, 0.3) is 5.56 Å². The number of aryl methyl sites for hydroxylation is 2. The molecule has 0 bridgehead atoms. The van der Waals surface area contributed by atoms with E-state index in [9.17, 15) is 9.59 Å². The van der Waals surface area contributed by atoms with Crippen LogP contribution in [-0.4, -0.2) is 31.0 Å². The fraction of sp³-hybridized carbons (Fsp3) is 0.238. The Morgan fingerprint density at radius 1 is 1.26 bits per heavy atom. The van der Waals surface area contributed by atoms with E-state index >= 15 is 0 Å². The lowest BCUT2D eigenvalue weighted by Gasteiger charge is -2.12. The van der Waals surface area contributed by atoms with E-state index in [1.54, 1.807) is 44.9 Å². The maximum atomic E-state index is 13.4. The van der Waals surface area contributed by atoms with Crippen LogP contribution in [0.2, 0.25) is 5.02 Å². The quantitative estimate of drug-likeness (QED) is 0.317. The molecule has 160 valence electrons. The molecule has 0 aliphatic heterocycles. The molecule has 3 aromatic heterocycles. The molecule has 3 heterocycles. The Morgan fingerprint density at radius 3 is 2.77 bits per heavy atom. The number of para-hydroxylation sites is 1. The predicted octanol–water partition coefficient (Wildman–Crippen LogP) is 4.42. The van der Waals surface area contributed by atoms with E-state index < -0.39 is 0 Å². The van der Waals surface area contributed by atoms with Crippen LogP contribution in [0, 0.1) is 6.92 Å². The van der Waals surface area contributed by atoms with Gasteiger partial charge in [0.1, 0.15) is 5.52 Å². The average molecular weight is 474 g/mol. The Kier molecular flexibility index (Phi) is 6.45. The number of fused-ring (bicyclic) bond motifs is 1. The summed E-state index contributed by atoms with van der Waals surface area (Å²) < 4.78 is 3.30. The van der Waals surface area contributed by atoms with Crippen LogP contribution in [0.5, 0.6) is 0 Å². The normalized spacial score (nSPS) is 11.2. The molecule has 0 unspecified atom stereocenters. The van der Waals surface area contributed by atoms with Crippen LogP contribution >= 0.6 is 34.7 Å². The fourth-order valence-electron chi connectivity index (χ4n) is 3.20. The minimum absolute atomic E-state index is 0.0918. The van der Waals surface area contributed by atoms with Crippen molar-refractivity contribution in [3.8, 4) is 0 Å². The number of carbonyl (C=O) groups excluding carboxylic acids is 1. The topological polar surface area (TPSA) is 81.8 Å². The zero-order valence-electron chi connectivity index (χ0n) is 17.0. The molecule has 0 spiro atoms. The standard InChI is InChI=1S/C21H20ClN5O2S2/c1-3-27-19-18(13(2)25-27)24-21(26(20(19)29)11-14-7-6-10-30-14)31-12-17(28)23-16-9-5-4-8-15(16)22/h4-10H,3,11-12H2,1-2H3,(H,23,28). The van der Waals surface area contributed by atoms with Crippen molar-refractivity contribution in [2.45, 2.75) is 32.1 Å². The van der Waals surface area contributed by atoms with Crippen molar-refractivity contribution in [1.82, 2.24) is 19.3 Å². The molecule has 0 radical (unpaired) electrons. The number of hydrogen-bond donors (Lipinski definition) is 1. The van der Waals surface area contributed by atoms with Gasteiger partial charge < -0.3 is 5.32 Å². The van der Waals surface area contributed by atoms with Crippen molar-refractivity contribution in [3.63, 3.8) is 0 Å². The Morgan fingerprint density at radius 2 is 2.06 bits per heavy atom. The highest BCUT2D eigenvalue weighted by Gasteiger charge is 2.19. The van der Waals surface area contributed by atoms with Gasteiger partial charge in [0.15, 0.2) is 10.7 Å². The summed E-state index contributed by atoms with van der Waals surface area (Å²) in [7, 11) is 0. The molecule has 7 nitrogen and oxygen atoms in total. The van der Waals surface area contributed by atoms with Gasteiger partial charge in [-0.3, -0.25) is 18.8 Å². The molecule has 10 heteroatoms. The lowest BCUT2D eigenvalue weighted by molar-refractivity contribution is -0.113. The number of anilines is 1. The zero-order chi connectivity index (χ0) is 22.0. The lowest BCUT2D eigenvalue weighted by atomic mass is 10.3. The molecular formula is C21H20ClN5O2S2. The van der Waals surface area contributed by atoms with E-state index in [0.717, 1.165) is 4.88 Å². The molecule has 0 fully saturated rings. The molecule has 0 saturated heterocycles. The van der Waals surface area contributed by atoms with E-state index in [1.807, 2.05) is 31.4 Å². The van der Waals surface area contributed by atoms with E-state index in [1.165, 1.54) is 11.8 Å². The first-order valence-corrected chi connectivity index (χ1v) is 11.9. The molecule has 0 aliphatic rings. The van der Waals surface area contributed by atoms with Crippen LogP contribution in [0.15, 0.2) is 51.7 Å². The molecule has 0 aliphatic carbocycles. The highest BCUT2D eigenvalue weighted by molar-refractivity contribution is 7.99. The third kappa shape index (κ3) is 4.53. The first kappa shape index (κ1) is 21.6. The van der Waals surface area contributed by atoms with Gasteiger partial charge in [-0.1, -0.05) is 41.6 Å². The Bertz CT molecular complexity index is 1300. The first-order valence-electron chi connectivity index (χ1n) is 9.65. The largest absolute Gasteiger partial charge is 0.324 e. The minimum atomic E-state index is -0.226. The fourth-order valence-corrected chi connectivity index (χ4v) is 4.87. The van der Waals surface area contributed by atoms with Crippen LogP contribution in [0.3, 0.4) is 0 Å². The summed E-state index contributed by atoms with van der Waals surface area (Å²) in [4.78, 5) is 31.7. The van der Waals surface area contributed by atoms with Gasteiger partial charge in [-0.15, -0.1) is 11.3 Å². The Hall–Kier alpha value is -2.62. The maximum absolute atomic E-state index is 13.4. The van der Waals surface area contributed by atoms with Crippen molar-refractivity contribution in [2.75, 3.05) is 11.1 Å². The number of hydrogen-bond acceptors (Lipinski definition) is 6. The molecular weight excluding hydrogens is 454 g/mol. The van der Waals surface area contributed by atoms with Crippen LogP contribution in [-0.2, 0) is 17.9 Å². The number of aromatic nitrogens is 4. The monoisotopic (exact) mass is 473 g/mol. The number of amides is 1. The summed E-state index contributed by atoms with van der Waals surface area (Å²) in [5.74, 6) is -0.134.